The van der Waals surface area contributed by atoms with Gasteiger partial charge in [-0.15, -0.1) is 0 Å². The molecule has 0 aromatic heterocycles. The summed E-state index contributed by atoms with van der Waals surface area (Å²) in [6.45, 7) is 1.74. The molecule has 20 heavy (non-hydrogen) atoms. The van der Waals surface area contributed by atoms with E-state index in [4.69, 9.17) is 21.4 Å². The lowest BCUT2D eigenvalue weighted by Crippen LogP contribution is -2.39. The number of nitrogens with one attached hydrogen (secondary N) is 1. The second kappa shape index (κ2) is 8.43. The summed E-state index contributed by atoms with van der Waals surface area (Å²) in [5.74, 6) is -0.866. The highest BCUT2D eigenvalue weighted by atomic mass is 35.5. The molecule has 0 saturated heterocycles. The van der Waals surface area contributed by atoms with E-state index in [1.54, 1.807) is 24.3 Å². The number of carboxylic acid groups (broad SMARTS) is 1. The Balaban J connectivity index is 2.45. The zero-order valence-corrected chi connectivity index (χ0v) is 12.0. The molecule has 1 rings (SSSR count). The van der Waals surface area contributed by atoms with Gasteiger partial charge in [-0.05, 0) is 18.6 Å². The van der Waals surface area contributed by atoms with Crippen molar-refractivity contribution in [2.75, 3.05) is 6.61 Å². The summed E-state index contributed by atoms with van der Waals surface area (Å²) in [4.78, 5) is 22.4. The minimum Gasteiger partial charge on any atom is -0.482 e. The van der Waals surface area contributed by atoms with Crippen LogP contribution in [0.1, 0.15) is 26.2 Å². The van der Waals surface area contributed by atoms with E-state index in [-0.39, 0.29) is 25.0 Å². The Kier molecular flexibility index (Phi) is 6.87. The SMILES string of the molecule is CCCC(CC(=O)O)NC(=O)COc1ccccc1Cl. The van der Waals surface area contributed by atoms with Gasteiger partial charge in [0, 0.05) is 6.04 Å². The highest BCUT2D eigenvalue weighted by Gasteiger charge is 2.15. The van der Waals surface area contributed by atoms with E-state index in [2.05, 4.69) is 5.32 Å². The Labute approximate surface area is 122 Å². The van der Waals surface area contributed by atoms with Crippen LogP contribution in [-0.4, -0.2) is 29.6 Å². The Morgan fingerprint density at radius 3 is 2.70 bits per heavy atom. The number of ether oxygens (including phenoxy) is 1. The molecule has 1 amide bonds. The van der Waals surface area contributed by atoms with Crippen LogP contribution in [0.2, 0.25) is 5.02 Å². The van der Waals surface area contributed by atoms with Gasteiger partial charge < -0.3 is 15.2 Å². The minimum atomic E-state index is -0.934. The van der Waals surface area contributed by atoms with Crippen molar-refractivity contribution in [2.24, 2.45) is 0 Å². The Morgan fingerprint density at radius 1 is 1.40 bits per heavy atom. The summed E-state index contributed by atoms with van der Waals surface area (Å²) in [5.41, 5.74) is 0. The van der Waals surface area contributed by atoms with Crippen LogP contribution in [-0.2, 0) is 9.59 Å². The lowest BCUT2D eigenvalue weighted by molar-refractivity contribution is -0.137. The molecule has 1 unspecified atom stereocenters. The first-order valence-electron chi connectivity index (χ1n) is 6.41. The van der Waals surface area contributed by atoms with Gasteiger partial charge in [0.05, 0.1) is 11.4 Å². The maximum Gasteiger partial charge on any atom is 0.305 e. The summed E-state index contributed by atoms with van der Waals surface area (Å²) >= 11 is 5.90. The fourth-order valence-electron chi connectivity index (χ4n) is 1.76. The van der Waals surface area contributed by atoms with Gasteiger partial charge in [0.15, 0.2) is 6.61 Å². The Hall–Kier alpha value is -1.75. The van der Waals surface area contributed by atoms with E-state index in [1.165, 1.54) is 0 Å². The van der Waals surface area contributed by atoms with Gasteiger partial charge in [-0.2, -0.15) is 0 Å². The highest BCUT2D eigenvalue weighted by molar-refractivity contribution is 6.32. The van der Waals surface area contributed by atoms with Crippen LogP contribution in [0.5, 0.6) is 5.75 Å². The van der Waals surface area contributed by atoms with Gasteiger partial charge in [-0.3, -0.25) is 9.59 Å². The number of carbonyl (C=O) groups excluding carboxylic acids is 1. The van der Waals surface area contributed by atoms with Crippen molar-refractivity contribution < 1.29 is 19.4 Å². The maximum atomic E-state index is 11.7. The number of hydrogen-bond acceptors (Lipinski definition) is 3. The van der Waals surface area contributed by atoms with E-state index in [0.717, 1.165) is 6.42 Å². The molecule has 0 radical (unpaired) electrons. The highest BCUT2D eigenvalue weighted by Crippen LogP contribution is 2.22. The van der Waals surface area contributed by atoms with Gasteiger partial charge in [0.25, 0.3) is 5.91 Å². The molecular weight excluding hydrogens is 282 g/mol. The molecule has 6 heteroatoms. The van der Waals surface area contributed by atoms with E-state index in [9.17, 15) is 9.59 Å². The molecule has 0 fully saturated rings. The zero-order chi connectivity index (χ0) is 15.0. The van der Waals surface area contributed by atoms with E-state index >= 15 is 0 Å². The van der Waals surface area contributed by atoms with Crippen LogP contribution >= 0.6 is 11.6 Å². The summed E-state index contributed by atoms with van der Waals surface area (Å²) in [6, 6.07) is 6.47. The quantitative estimate of drug-likeness (QED) is 0.773. The molecule has 0 saturated carbocycles. The predicted octanol–water partition coefficient (Wildman–Crippen LogP) is 2.48. The molecule has 0 bridgehead atoms. The number of para-hydroxylation sites is 1. The Morgan fingerprint density at radius 2 is 2.10 bits per heavy atom. The first kappa shape index (κ1) is 16.3. The van der Waals surface area contributed by atoms with Crippen LogP contribution in [0.15, 0.2) is 24.3 Å². The predicted molar refractivity (Wildman–Crippen MR) is 76.0 cm³/mol. The lowest BCUT2D eigenvalue weighted by atomic mass is 10.1. The average molecular weight is 300 g/mol. The summed E-state index contributed by atoms with van der Waals surface area (Å²) in [7, 11) is 0. The third kappa shape index (κ3) is 5.93. The molecule has 1 aromatic carbocycles. The van der Waals surface area contributed by atoms with Gasteiger partial charge in [0.2, 0.25) is 0 Å². The smallest absolute Gasteiger partial charge is 0.305 e. The average Bonchev–Trinajstić information content (AvgIpc) is 2.37. The monoisotopic (exact) mass is 299 g/mol. The second-order valence-electron chi connectivity index (χ2n) is 4.37. The maximum absolute atomic E-state index is 11.7. The number of carbonyl (C=O) groups is 2. The van der Waals surface area contributed by atoms with Gasteiger partial charge >= 0.3 is 5.97 Å². The number of benzene rings is 1. The second-order valence-corrected chi connectivity index (χ2v) is 4.78. The first-order valence-corrected chi connectivity index (χ1v) is 6.79. The number of rotatable bonds is 8. The number of amides is 1. The topological polar surface area (TPSA) is 75.6 Å². The van der Waals surface area contributed by atoms with Crippen LogP contribution in [0.25, 0.3) is 0 Å². The summed E-state index contributed by atoms with van der Waals surface area (Å²) < 4.78 is 5.29. The molecule has 0 heterocycles. The van der Waals surface area contributed by atoms with Crippen molar-refractivity contribution in [1.29, 1.82) is 0 Å². The third-order valence-corrected chi connectivity index (χ3v) is 2.93. The van der Waals surface area contributed by atoms with Crippen LogP contribution in [0.3, 0.4) is 0 Å². The zero-order valence-electron chi connectivity index (χ0n) is 11.3. The van der Waals surface area contributed by atoms with Crippen molar-refractivity contribution in [1.82, 2.24) is 5.32 Å². The fourth-order valence-corrected chi connectivity index (χ4v) is 1.95. The van der Waals surface area contributed by atoms with Gasteiger partial charge in [-0.25, -0.2) is 0 Å². The number of carboxylic acids is 1. The molecule has 5 nitrogen and oxygen atoms in total. The van der Waals surface area contributed by atoms with Crippen LogP contribution in [0.4, 0.5) is 0 Å². The van der Waals surface area contributed by atoms with E-state index in [0.29, 0.717) is 17.2 Å². The largest absolute Gasteiger partial charge is 0.482 e. The Bertz CT molecular complexity index is 464. The third-order valence-electron chi connectivity index (χ3n) is 2.62. The number of halogens is 1. The van der Waals surface area contributed by atoms with Gasteiger partial charge in [-0.1, -0.05) is 37.1 Å². The molecular formula is C14H18ClNO4. The van der Waals surface area contributed by atoms with E-state index < -0.39 is 5.97 Å². The molecule has 0 aliphatic heterocycles. The molecule has 1 atom stereocenters. The molecule has 0 aliphatic rings. The normalized spacial score (nSPS) is 11.7. The van der Waals surface area contributed by atoms with Crippen molar-refractivity contribution >= 4 is 23.5 Å². The molecule has 2 N–H and O–H groups in total. The number of hydrogen-bond donors (Lipinski definition) is 2. The summed E-state index contributed by atoms with van der Waals surface area (Å²) in [6.07, 6.45) is 1.32. The van der Waals surface area contributed by atoms with Crippen molar-refractivity contribution in [3.05, 3.63) is 29.3 Å². The summed E-state index contributed by atoms with van der Waals surface area (Å²) in [5, 5.41) is 11.8. The van der Waals surface area contributed by atoms with Crippen molar-refractivity contribution in [3.8, 4) is 5.75 Å². The molecule has 110 valence electrons. The van der Waals surface area contributed by atoms with Crippen LogP contribution < -0.4 is 10.1 Å². The van der Waals surface area contributed by atoms with Crippen molar-refractivity contribution in [2.45, 2.75) is 32.2 Å². The van der Waals surface area contributed by atoms with Crippen molar-refractivity contribution in [3.63, 3.8) is 0 Å². The van der Waals surface area contributed by atoms with Crippen LogP contribution in [0, 0.1) is 0 Å². The molecule has 1 aromatic rings. The fraction of sp³-hybridized carbons (Fsp3) is 0.429. The lowest BCUT2D eigenvalue weighted by Gasteiger charge is -2.16. The molecule has 0 spiro atoms. The number of aliphatic carboxylic acids is 1. The van der Waals surface area contributed by atoms with Gasteiger partial charge in [0.1, 0.15) is 5.75 Å². The van der Waals surface area contributed by atoms with E-state index in [1.807, 2.05) is 6.92 Å². The standard InChI is InChI=1S/C14H18ClNO4/c1-2-5-10(8-14(18)19)16-13(17)9-20-12-7-4-3-6-11(12)15/h3-4,6-7,10H,2,5,8-9H2,1H3,(H,16,17)(H,18,19). The molecule has 0 aliphatic carbocycles. The first-order chi connectivity index (χ1) is 9.52. The minimum absolute atomic E-state index is 0.0916.